The summed E-state index contributed by atoms with van der Waals surface area (Å²) < 4.78 is 0. The van der Waals surface area contributed by atoms with Gasteiger partial charge < -0.3 is 4.90 Å². The maximum absolute atomic E-state index is 4.46. The first-order valence-corrected chi connectivity index (χ1v) is 7.05. The quantitative estimate of drug-likeness (QED) is 0.795. The molecule has 0 radical (unpaired) electrons. The molecule has 0 bridgehead atoms. The predicted octanol–water partition coefficient (Wildman–Crippen LogP) is 1.71. The molecule has 3 rings (SSSR count). The van der Waals surface area contributed by atoms with Gasteiger partial charge in [-0.25, -0.2) is 9.97 Å². The summed E-state index contributed by atoms with van der Waals surface area (Å²) in [6, 6.07) is 3.36. The summed E-state index contributed by atoms with van der Waals surface area (Å²) in [4.78, 5) is 13.6. The number of rotatable bonds is 2. The van der Waals surface area contributed by atoms with Crippen LogP contribution in [-0.2, 0) is 0 Å². The lowest BCUT2D eigenvalue weighted by Gasteiger charge is -2.38. The second kappa shape index (κ2) is 5.33. The van der Waals surface area contributed by atoms with Gasteiger partial charge in [0.2, 0.25) is 0 Å². The molecule has 4 heteroatoms. The lowest BCUT2D eigenvalue weighted by atomic mass is 10.0. The molecule has 0 aliphatic carbocycles. The molecule has 0 spiro atoms. The molecule has 2 aliphatic rings. The third-order valence-corrected chi connectivity index (χ3v) is 4.40. The van der Waals surface area contributed by atoms with Gasteiger partial charge in [-0.15, -0.1) is 0 Å². The highest BCUT2D eigenvalue weighted by Crippen LogP contribution is 2.34. The smallest absolute Gasteiger partial charge is 0.115 e. The van der Waals surface area contributed by atoms with Crippen molar-refractivity contribution in [2.45, 2.75) is 37.8 Å². The molecule has 1 aromatic heterocycles. The minimum Gasteiger partial charge on any atom is -0.306 e. The van der Waals surface area contributed by atoms with Crippen molar-refractivity contribution in [2.24, 2.45) is 0 Å². The highest BCUT2D eigenvalue weighted by Gasteiger charge is 2.33. The van der Waals surface area contributed by atoms with E-state index in [1.807, 2.05) is 6.20 Å². The van der Waals surface area contributed by atoms with Crippen molar-refractivity contribution in [3.8, 4) is 0 Å². The number of piperidine rings is 1. The summed E-state index contributed by atoms with van der Waals surface area (Å²) in [5, 5.41) is 0. The van der Waals surface area contributed by atoms with Crippen LogP contribution in [0.25, 0.3) is 0 Å². The average molecular weight is 246 g/mol. The van der Waals surface area contributed by atoms with Gasteiger partial charge in [0, 0.05) is 12.2 Å². The van der Waals surface area contributed by atoms with Crippen molar-refractivity contribution >= 4 is 0 Å². The molecule has 0 aromatic carbocycles. The van der Waals surface area contributed by atoms with Crippen LogP contribution >= 0.6 is 0 Å². The van der Waals surface area contributed by atoms with Crippen molar-refractivity contribution in [3.05, 3.63) is 24.3 Å². The Balaban J connectivity index is 1.71. The van der Waals surface area contributed by atoms with E-state index in [2.05, 4.69) is 32.9 Å². The Kier molecular flexibility index (Phi) is 3.57. The van der Waals surface area contributed by atoms with E-state index in [-0.39, 0.29) is 0 Å². The van der Waals surface area contributed by atoms with Crippen LogP contribution in [0.5, 0.6) is 0 Å². The Hall–Kier alpha value is -1.00. The summed E-state index contributed by atoms with van der Waals surface area (Å²) in [6.45, 7) is 3.71. The van der Waals surface area contributed by atoms with Crippen molar-refractivity contribution in [2.75, 3.05) is 26.7 Å². The van der Waals surface area contributed by atoms with Gasteiger partial charge in [-0.2, -0.15) is 0 Å². The van der Waals surface area contributed by atoms with Crippen molar-refractivity contribution in [1.82, 2.24) is 19.8 Å². The van der Waals surface area contributed by atoms with Crippen LogP contribution in [0.3, 0.4) is 0 Å². The molecule has 1 aromatic rings. The molecule has 0 saturated carbocycles. The highest BCUT2D eigenvalue weighted by molar-refractivity contribution is 5.08. The summed E-state index contributed by atoms with van der Waals surface area (Å²) in [5.41, 5.74) is 1.21. The number of likely N-dealkylation sites (tertiary alicyclic amines) is 2. The zero-order valence-electron chi connectivity index (χ0n) is 11.1. The first-order chi connectivity index (χ1) is 8.84. The lowest BCUT2D eigenvalue weighted by molar-refractivity contribution is 0.108. The van der Waals surface area contributed by atoms with Crippen LogP contribution in [-0.4, -0.2) is 52.5 Å². The van der Waals surface area contributed by atoms with E-state index in [9.17, 15) is 0 Å². The number of hydrogen-bond donors (Lipinski definition) is 0. The van der Waals surface area contributed by atoms with Crippen LogP contribution in [0.4, 0.5) is 0 Å². The van der Waals surface area contributed by atoms with Crippen molar-refractivity contribution in [3.63, 3.8) is 0 Å². The van der Waals surface area contributed by atoms with E-state index >= 15 is 0 Å². The maximum atomic E-state index is 4.46. The maximum Gasteiger partial charge on any atom is 0.115 e. The molecule has 98 valence electrons. The van der Waals surface area contributed by atoms with Gasteiger partial charge in [-0.05, 0) is 58.4 Å². The second-order valence-corrected chi connectivity index (χ2v) is 5.56. The Bertz CT molecular complexity index is 373. The average Bonchev–Trinajstić information content (AvgIpc) is 2.90. The fourth-order valence-electron chi connectivity index (χ4n) is 3.37. The van der Waals surface area contributed by atoms with Crippen LogP contribution in [0.15, 0.2) is 18.6 Å². The molecule has 4 nitrogen and oxygen atoms in total. The Morgan fingerprint density at radius 3 is 2.72 bits per heavy atom. The predicted molar refractivity (Wildman–Crippen MR) is 71.2 cm³/mol. The topological polar surface area (TPSA) is 32.3 Å². The summed E-state index contributed by atoms with van der Waals surface area (Å²) in [7, 11) is 2.22. The van der Waals surface area contributed by atoms with Gasteiger partial charge in [0.25, 0.3) is 0 Å². The van der Waals surface area contributed by atoms with E-state index in [1.54, 1.807) is 6.33 Å². The van der Waals surface area contributed by atoms with Gasteiger partial charge in [0.15, 0.2) is 0 Å². The summed E-state index contributed by atoms with van der Waals surface area (Å²) in [6.07, 6.45) is 8.72. The minimum atomic E-state index is 0.529. The highest BCUT2D eigenvalue weighted by atomic mass is 15.2. The number of nitrogens with zero attached hydrogens (tertiary/aromatic N) is 4. The standard InChI is InChI=1S/C14H22N4/c1-17-9-5-12(6-10-17)18-8-2-3-14(18)13-4-7-15-11-16-13/h4,7,11-12,14H,2-3,5-6,8-10H2,1H3. The van der Waals surface area contributed by atoms with E-state index in [0.29, 0.717) is 6.04 Å². The molecular formula is C14H22N4. The van der Waals surface area contributed by atoms with E-state index in [4.69, 9.17) is 0 Å². The van der Waals surface area contributed by atoms with E-state index in [0.717, 1.165) is 6.04 Å². The van der Waals surface area contributed by atoms with Gasteiger partial charge >= 0.3 is 0 Å². The van der Waals surface area contributed by atoms with Crippen molar-refractivity contribution in [1.29, 1.82) is 0 Å². The molecule has 1 atom stereocenters. The summed E-state index contributed by atoms with van der Waals surface area (Å²) >= 11 is 0. The molecule has 18 heavy (non-hydrogen) atoms. The van der Waals surface area contributed by atoms with Crippen LogP contribution in [0, 0.1) is 0 Å². The fraction of sp³-hybridized carbons (Fsp3) is 0.714. The molecule has 1 unspecified atom stereocenters. The second-order valence-electron chi connectivity index (χ2n) is 5.56. The Morgan fingerprint density at radius 1 is 1.17 bits per heavy atom. The monoisotopic (exact) mass is 246 g/mol. The molecule has 2 fully saturated rings. The third kappa shape index (κ3) is 2.40. The van der Waals surface area contributed by atoms with Gasteiger partial charge in [-0.3, -0.25) is 4.90 Å². The van der Waals surface area contributed by atoms with Crippen LogP contribution in [0.1, 0.15) is 37.4 Å². The molecule has 0 amide bonds. The molecular weight excluding hydrogens is 224 g/mol. The van der Waals surface area contributed by atoms with Crippen LogP contribution in [0.2, 0.25) is 0 Å². The fourth-order valence-corrected chi connectivity index (χ4v) is 3.37. The van der Waals surface area contributed by atoms with E-state index < -0.39 is 0 Å². The Morgan fingerprint density at radius 2 is 2.00 bits per heavy atom. The van der Waals surface area contributed by atoms with Gasteiger partial charge in [-0.1, -0.05) is 0 Å². The first kappa shape index (κ1) is 12.1. The van der Waals surface area contributed by atoms with Gasteiger partial charge in [0.05, 0.1) is 11.7 Å². The summed E-state index contributed by atoms with van der Waals surface area (Å²) in [5.74, 6) is 0. The Labute approximate surface area is 109 Å². The number of hydrogen-bond acceptors (Lipinski definition) is 4. The van der Waals surface area contributed by atoms with E-state index in [1.165, 1.54) is 51.0 Å². The molecule has 2 saturated heterocycles. The largest absolute Gasteiger partial charge is 0.306 e. The van der Waals surface area contributed by atoms with Gasteiger partial charge in [0.1, 0.15) is 6.33 Å². The zero-order valence-corrected chi connectivity index (χ0v) is 11.1. The lowest BCUT2D eigenvalue weighted by Crippen LogP contribution is -2.43. The molecule has 2 aliphatic heterocycles. The minimum absolute atomic E-state index is 0.529. The first-order valence-electron chi connectivity index (χ1n) is 7.05. The SMILES string of the molecule is CN1CCC(N2CCCC2c2ccncn2)CC1. The van der Waals surface area contributed by atoms with Crippen molar-refractivity contribution < 1.29 is 0 Å². The number of aromatic nitrogens is 2. The molecule has 0 N–H and O–H groups in total. The normalized spacial score (nSPS) is 27.7. The third-order valence-electron chi connectivity index (χ3n) is 4.40. The molecule has 3 heterocycles. The van der Waals surface area contributed by atoms with Crippen LogP contribution < -0.4 is 0 Å². The zero-order chi connectivity index (χ0) is 12.4.